The normalized spacial score (nSPS) is 18.4. The molecule has 2 aromatic rings. The van der Waals surface area contributed by atoms with E-state index in [4.69, 9.17) is 0 Å². The Balaban J connectivity index is 1.59. The molecule has 23 heavy (non-hydrogen) atoms. The molecule has 124 valence electrons. The van der Waals surface area contributed by atoms with E-state index in [0.717, 1.165) is 49.6 Å². The summed E-state index contributed by atoms with van der Waals surface area (Å²) in [4.78, 5) is 18.8. The minimum Gasteiger partial charge on any atom is -0.341 e. The van der Waals surface area contributed by atoms with Gasteiger partial charge < -0.3 is 4.90 Å². The number of hydrogen-bond acceptors (Lipinski definition) is 4. The van der Waals surface area contributed by atoms with Gasteiger partial charge in [0.1, 0.15) is 11.6 Å². The van der Waals surface area contributed by atoms with Crippen molar-refractivity contribution in [2.45, 2.75) is 45.6 Å². The van der Waals surface area contributed by atoms with Gasteiger partial charge in [0.05, 0.1) is 12.2 Å². The second kappa shape index (κ2) is 6.52. The molecule has 1 aliphatic rings. The number of piperidine rings is 1. The molecule has 0 aromatic carbocycles. The third-order valence-electron chi connectivity index (χ3n) is 4.39. The maximum atomic E-state index is 12.5. The molecule has 0 saturated carbocycles. The number of likely N-dealkylation sites (tertiary alicyclic amines) is 1. The highest BCUT2D eigenvalue weighted by atomic mass is 16.2. The molecule has 3 heterocycles. The second-order valence-corrected chi connectivity index (χ2v) is 6.31. The van der Waals surface area contributed by atoms with Gasteiger partial charge in [-0.05, 0) is 38.7 Å². The van der Waals surface area contributed by atoms with Gasteiger partial charge >= 0.3 is 0 Å². The molecule has 2 aromatic heterocycles. The Morgan fingerprint density at radius 2 is 2.22 bits per heavy atom. The first-order valence-electron chi connectivity index (χ1n) is 8.18. The molecule has 0 N–H and O–H groups in total. The van der Waals surface area contributed by atoms with Crippen LogP contribution in [-0.2, 0) is 18.3 Å². The van der Waals surface area contributed by atoms with Crippen molar-refractivity contribution in [2.75, 3.05) is 13.1 Å². The van der Waals surface area contributed by atoms with E-state index in [0.29, 0.717) is 6.42 Å². The van der Waals surface area contributed by atoms with Crippen LogP contribution in [-0.4, -0.2) is 48.4 Å². The van der Waals surface area contributed by atoms with Gasteiger partial charge in [0, 0.05) is 32.8 Å². The van der Waals surface area contributed by atoms with Crippen LogP contribution in [0.5, 0.6) is 0 Å². The van der Waals surface area contributed by atoms with Gasteiger partial charge in [0.25, 0.3) is 0 Å². The third kappa shape index (κ3) is 3.60. The van der Waals surface area contributed by atoms with Crippen molar-refractivity contribution in [1.82, 2.24) is 29.4 Å². The summed E-state index contributed by atoms with van der Waals surface area (Å²) in [5, 5.41) is 8.62. The van der Waals surface area contributed by atoms with Crippen LogP contribution in [0.3, 0.4) is 0 Å². The summed E-state index contributed by atoms with van der Waals surface area (Å²) in [5.41, 5.74) is 1.11. The van der Waals surface area contributed by atoms with Gasteiger partial charge in [-0.1, -0.05) is 0 Å². The molecule has 0 aliphatic carbocycles. The highest BCUT2D eigenvalue weighted by Crippen LogP contribution is 2.22. The number of aromatic nitrogens is 5. The van der Waals surface area contributed by atoms with Crippen molar-refractivity contribution in [3.05, 3.63) is 29.6 Å². The summed E-state index contributed by atoms with van der Waals surface area (Å²) in [6.07, 6.45) is 7.14. The lowest BCUT2D eigenvalue weighted by Crippen LogP contribution is -2.41. The predicted octanol–water partition coefficient (Wildman–Crippen LogP) is 1.42. The van der Waals surface area contributed by atoms with Crippen LogP contribution in [0, 0.1) is 13.8 Å². The fraction of sp³-hybridized carbons (Fsp3) is 0.625. The molecule has 0 bridgehead atoms. The molecule has 1 unspecified atom stereocenters. The van der Waals surface area contributed by atoms with Crippen LogP contribution in [0.15, 0.2) is 12.4 Å². The molecule has 1 saturated heterocycles. The molecule has 7 nitrogen and oxygen atoms in total. The highest BCUT2D eigenvalue weighted by molar-refractivity contribution is 5.76. The zero-order valence-corrected chi connectivity index (χ0v) is 14.1. The largest absolute Gasteiger partial charge is 0.341 e. The Morgan fingerprint density at radius 3 is 2.87 bits per heavy atom. The number of carbonyl (C=O) groups is 1. The molecular formula is C16H24N6O. The summed E-state index contributed by atoms with van der Waals surface area (Å²) < 4.78 is 3.75. The van der Waals surface area contributed by atoms with Crippen molar-refractivity contribution >= 4 is 5.91 Å². The standard InChI is InChI=1S/C16H24N6O/c1-12-18-13(2)22(19-12)15-5-4-8-21(11-15)16(23)7-6-14-9-17-20(3)10-14/h9-10,15H,4-8,11H2,1-3H3. The van der Waals surface area contributed by atoms with Crippen molar-refractivity contribution in [3.63, 3.8) is 0 Å². The minimum absolute atomic E-state index is 0.216. The number of aryl methyl sites for hydroxylation is 4. The fourth-order valence-electron chi connectivity index (χ4n) is 3.27. The van der Waals surface area contributed by atoms with Crippen LogP contribution < -0.4 is 0 Å². The molecule has 1 fully saturated rings. The van der Waals surface area contributed by atoms with Crippen LogP contribution >= 0.6 is 0 Å². The summed E-state index contributed by atoms with van der Waals surface area (Å²) in [7, 11) is 1.89. The smallest absolute Gasteiger partial charge is 0.222 e. The van der Waals surface area contributed by atoms with Gasteiger partial charge in [0.15, 0.2) is 0 Å². The van der Waals surface area contributed by atoms with E-state index < -0.39 is 0 Å². The molecule has 7 heteroatoms. The van der Waals surface area contributed by atoms with E-state index in [9.17, 15) is 4.79 Å². The minimum atomic E-state index is 0.216. The molecule has 0 radical (unpaired) electrons. The van der Waals surface area contributed by atoms with Crippen LogP contribution in [0.4, 0.5) is 0 Å². The van der Waals surface area contributed by atoms with E-state index in [1.165, 1.54) is 0 Å². The van der Waals surface area contributed by atoms with Crippen molar-refractivity contribution in [1.29, 1.82) is 0 Å². The Bertz CT molecular complexity index is 689. The first kappa shape index (κ1) is 15.7. The maximum Gasteiger partial charge on any atom is 0.222 e. The number of rotatable bonds is 4. The SMILES string of the molecule is Cc1nc(C)n(C2CCCN(C(=O)CCc3cnn(C)c3)C2)n1. The number of carbonyl (C=O) groups excluding carboxylic acids is 1. The molecule has 1 aliphatic heterocycles. The van der Waals surface area contributed by atoms with E-state index in [-0.39, 0.29) is 11.9 Å². The van der Waals surface area contributed by atoms with Crippen molar-refractivity contribution in [2.24, 2.45) is 7.05 Å². The average molecular weight is 316 g/mol. The quantitative estimate of drug-likeness (QED) is 0.855. The molecular weight excluding hydrogens is 292 g/mol. The fourth-order valence-corrected chi connectivity index (χ4v) is 3.27. The Morgan fingerprint density at radius 1 is 1.39 bits per heavy atom. The molecule has 3 rings (SSSR count). The molecule has 1 atom stereocenters. The first-order chi connectivity index (χ1) is 11.0. The predicted molar refractivity (Wildman–Crippen MR) is 85.9 cm³/mol. The second-order valence-electron chi connectivity index (χ2n) is 6.31. The Labute approximate surface area is 136 Å². The number of hydrogen-bond donors (Lipinski definition) is 0. The van der Waals surface area contributed by atoms with E-state index in [1.807, 2.05) is 42.9 Å². The van der Waals surface area contributed by atoms with Crippen LogP contribution in [0.2, 0.25) is 0 Å². The topological polar surface area (TPSA) is 68.8 Å². The lowest BCUT2D eigenvalue weighted by molar-refractivity contribution is -0.132. The van der Waals surface area contributed by atoms with Gasteiger partial charge in [0.2, 0.25) is 5.91 Å². The summed E-state index contributed by atoms with van der Waals surface area (Å²) in [6.45, 7) is 5.46. The molecule has 0 spiro atoms. The van der Waals surface area contributed by atoms with Crippen molar-refractivity contribution in [3.8, 4) is 0 Å². The number of nitrogens with zero attached hydrogens (tertiary/aromatic N) is 6. The Kier molecular flexibility index (Phi) is 4.45. The summed E-state index contributed by atoms with van der Waals surface area (Å²) in [6, 6.07) is 0.243. The van der Waals surface area contributed by atoms with E-state index in [1.54, 1.807) is 4.68 Å². The van der Waals surface area contributed by atoms with Gasteiger partial charge in [-0.3, -0.25) is 9.48 Å². The van der Waals surface area contributed by atoms with Crippen molar-refractivity contribution < 1.29 is 4.79 Å². The van der Waals surface area contributed by atoms with E-state index in [2.05, 4.69) is 15.2 Å². The number of amides is 1. The summed E-state index contributed by atoms with van der Waals surface area (Å²) >= 11 is 0. The average Bonchev–Trinajstić information content (AvgIpc) is 3.10. The highest BCUT2D eigenvalue weighted by Gasteiger charge is 2.26. The zero-order chi connectivity index (χ0) is 16.4. The maximum absolute atomic E-state index is 12.5. The summed E-state index contributed by atoms with van der Waals surface area (Å²) in [5.74, 6) is 1.94. The zero-order valence-electron chi connectivity index (χ0n) is 14.1. The Hall–Kier alpha value is -2.18. The van der Waals surface area contributed by atoms with Crippen LogP contribution in [0.25, 0.3) is 0 Å². The lowest BCUT2D eigenvalue weighted by Gasteiger charge is -2.33. The van der Waals surface area contributed by atoms with Crippen LogP contribution in [0.1, 0.15) is 42.5 Å². The molecule has 1 amide bonds. The van der Waals surface area contributed by atoms with Gasteiger partial charge in [-0.25, -0.2) is 9.67 Å². The lowest BCUT2D eigenvalue weighted by atomic mass is 10.0. The van der Waals surface area contributed by atoms with Gasteiger partial charge in [-0.2, -0.15) is 10.2 Å². The van der Waals surface area contributed by atoms with Gasteiger partial charge in [-0.15, -0.1) is 0 Å². The third-order valence-corrected chi connectivity index (χ3v) is 4.39. The van der Waals surface area contributed by atoms with E-state index >= 15 is 0 Å². The monoisotopic (exact) mass is 316 g/mol. The first-order valence-corrected chi connectivity index (χ1v) is 8.18.